The number of nitrogens with zero attached hydrogens (tertiary/aromatic N) is 5. The Kier molecular flexibility index (Phi) is 4.11. The average Bonchev–Trinajstić information content (AvgIpc) is 3.24. The molecule has 0 aliphatic carbocycles. The molecule has 0 atom stereocenters. The van der Waals surface area contributed by atoms with E-state index < -0.39 is 5.91 Å². The number of hydrogen-bond acceptors (Lipinski definition) is 7. The van der Waals surface area contributed by atoms with E-state index >= 15 is 0 Å². The number of halogens is 1. The molecule has 120 valence electrons. The topological polar surface area (TPSA) is 112 Å². The monoisotopic (exact) mass is 336 g/mol. The van der Waals surface area contributed by atoms with Crippen LogP contribution in [0.1, 0.15) is 29.1 Å². The second-order valence-electron chi connectivity index (χ2n) is 4.70. The Hall–Kier alpha value is -2.68. The number of aryl methyl sites for hydroxylation is 2. The molecule has 1 amide bonds. The molecule has 3 heterocycles. The van der Waals surface area contributed by atoms with Crippen LogP contribution in [0.25, 0.3) is 11.5 Å². The van der Waals surface area contributed by atoms with Crippen LogP contribution >= 0.6 is 11.6 Å². The predicted octanol–water partition coefficient (Wildman–Crippen LogP) is 1.83. The van der Waals surface area contributed by atoms with Gasteiger partial charge in [0.25, 0.3) is 5.91 Å². The van der Waals surface area contributed by atoms with Crippen molar-refractivity contribution in [3.05, 3.63) is 34.6 Å². The maximum absolute atomic E-state index is 12.1. The largest absolute Gasteiger partial charge is 0.361 e. The van der Waals surface area contributed by atoms with Crippen LogP contribution in [0.15, 0.2) is 21.3 Å². The molecule has 0 fully saturated rings. The fourth-order valence-electron chi connectivity index (χ4n) is 1.86. The SMILES string of the molecule is CCn1cc(Cl)c(C(=O)NCc2nc(-c3cc(C)on3)no2)n1. The predicted molar refractivity (Wildman–Crippen MR) is 78.6 cm³/mol. The standard InChI is InChI=1S/C13H13ClN6O3/c1-3-20-6-8(14)11(17-20)13(21)15-5-10-16-12(19-23-10)9-4-7(2)22-18-9/h4,6H,3,5H2,1-2H3,(H,15,21). The zero-order valence-corrected chi connectivity index (χ0v) is 13.2. The summed E-state index contributed by atoms with van der Waals surface area (Å²) in [5, 5.41) is 14.6. The quantitative estimate of drug-likeness (QED) is 0.756. The molecule has 10 heteroatoms. The smallest absolute Gasteiger partial charge is 0.273 e. The molecule has 3 aromatic heterocycles. The van der Waals surface area contributed by atoms with Crippen molar-refractivity contribution >= 4 is 17.5 Å². The van der Waals surface area contributed by atoms with Crippen LogP contribution < -0.4 is 5.32 Å². The van der Waals surface area contributed by atoms with Gasteiger partial charge in [-0.15, -0.1) is 0 Å². The lowest BCUT2D eigenvalue weighted by Crippen LogP contribution is -2.24. The summed E-state index contributed by atoms with van der Waals surface area (Å²) in [4.78, 5) is 16.2. The third-order valence-electron chi connectivity index (χ3n) is 2.98. The molecule has 0 aromatic carbocycles. The van der Waals surface area contributed by atoms with Gasteiger partial charge in [-0.25, -0.2) is 0 Å². The van der Waals surface area contributed by atoms with E-state index in [0.717, 1.165) is 0 Å². The Balaban J connectivity index is 1.65. The van der Waals surface area contributed by atoms with E-state index in [1.807, 2.05) is 6.92 Å². The Labute approximate surface area is 135 Å². The first-order valence-electron chi connectivity index (χ1n) is 6.84. The summed E-state index contributed by atoms with van der Waals surface area (Å²) in [6.07, 6.45) is 1.59. The highest BCUT2D eigenvalue weighted by Crippen LogP contribution is 2.16. The van der Waals surface area contributed by atoms with Crippen molar-refractivity contribution < 1.29 is 13.8 Å². The maximum atomic E-state index is 12.1. The summed E-state index contributed by atoms with van der Waals surface area (Å²) >= 11 is 5.97. The van der Waals surface area contributed by atoms with Gasteiger partial charge >= 0.3 is 0 Å². The van der Waals surface area contributed by atoms with Crippen molar-refractivity contribution in [2.45, 2.75) is 26.9 Å². The highest BCUT2D eigenvalue weighted by Gasteiger charge is 2.17. The number of hydrogen-bond donors (Lipinski definition) is 1. The summed E-state index contributed by atoms with van der Waals surface area (Å²) in [5.41, 5.74) is 0.619. The number of carbonyl (C=O) groups is 1. The zero-order valence-electron chi connectivity index (χ0n) is 12.4. The Bertz CT molecular complexity index is 837. The van der Waals surface area contributed by atoms with E-state index in [4.69, 9.17) is 20.6 Å². The van der Waals surface area contributed by atoms with E-state index in [1.54, 1.807) is 23.9 Å². The third-order valence-corrected chi connectivity index (χ3v) is 3.26. The van der Waals surface area contributed by atoms with E-state index in [9.17, 15) is 4.79 Å². The summed E-state index contributed by atoms with van der Waals surface area (Å²) in [6, 6.07) is 1.68. The van der Waals surface area contributed by atoms with E-state index in [1.165, 1.54) is 0 Å². The zero-order chi connectivity index (χ0) is 16.4. The molecule has 0 radical (unpaired) electrons. The van der Waals surface area contributed by atoms with Crippen molar-refractivity contribution in [2.24, 2.45) is 0 Å². The van der Waals surface area contributed by atoms with Crippen molar-refractivity contribution in [2.75, 3.05) is 0 Å². The highest BCUT2D eigenvalue weighted by atomic mass is 35.5. The summed E-state index contributed by atoms with van der Waals surface area (Å²) in [5.74, 6) is 0.750. The van der Waals surface area contributed by atoms with Gasteiger partial charge in [-0.05, 0) is 13.8 Å². The number of aromatic nitrogens is 5. The minimum Gasteiger partial charge on any atom is -0.361 e. The van der Waals surface area contributed by atoms with Gasteiger partial charge in [0.2, 0.25) is 11.7 Å². The molecule has 0 aliphatic rings. The molecule has 0 aliphatic heterocycles. The van der Waals surface area contributed by atoms with Crippen LogP contribution in [-0.2, 0) is 13.1 Å². The van der Waals surface area contributed by atoms with Gasteiger partial charge in [0.05, 0.1) is 11.6 Å². The maximum Gasteiger partial charge on any atom is 0.273 e. The average molecular weight is 337 g/mol. The van der Waals surface area contributed by atoms with Crippen molar-refractivity contribution in [3.63, 3.8) is 0 Å². The van der Waals surface area contributed by atoms with Crippen molar-refractivity contribution in [1.82, 2.24) is 30.4 Å². The first-order valence-corrected chi connectivity index (χ1v) is 7.22. The summed E-state index contributed by atoms with van der Waals surface area (Å²) in [7, 11) is 0. The Morgan fingerprint density at radius 3 is 2.87 bits per heavy atom. The summed E-state index contributed by atoms with van der Waals surface area (Å²) < 4.78 is 11.6. The molecular weight excluding hydrogens is 324 g/mol. The first-order chi connectivity index (χ1) is 11.1. The minimum absolute atomic E-state index is 0.0536. The van der Waals surface area contributed by atoms with Crippen LogP contribution in [0.4, 0.5) is 0 Å². The van der Waals surface area contributed by atoms with Gasteiger partial charge in [-0.2, -0.15) is 10.1 Å². The number of rotatable bonds is 5. The van der Waals surface area contributed by atoms with E-state index in [-0.39, 0.29) is 23.2 Å². The molecule has 0 saturated heterocycles. The van der Waals surface area contributed by atoms with Gasteiger partial charge in [0.1, 0.15) is 5.76 Å². The second-order valence-corrected chi connectivity index (χ2v) is 5.11. The van der Waals surface area contributed by atoms with E-state index in [0.29, 0.717) is 23.8 Å². The molecule has 0 saturated carbocycles. The van der Waals surface area contributed by atoms with Gasteiger partial charge in [0, 0.05) is 18.8 Å². The van der Waals surface area contributed by atoms with Crippen molar-refractivity contribution in [1.29, 1.82) is 0 Å². The third kappa shape index (κ3) is 3.24. The van der Waals surface area contributed by atoms with Crippen LogP contribution in [0.2, 0.25) is 5.02 Å². The van der Waals surface area contributed by atoms with Gasteiger partial charge < -0.3 is 14.4 Å². The summed E-state index contributed by atoms with van der Waals surface area (Å²) in [6.45, 7) is 4.34. The van der Waals surface area contributed by atoms with Gasteiger partial charge in [0.15, 0.2) is 11.4 Å². The van der Waals surface area contributed by atoms with Crippen LogP contribution in [0.3, 0.4) is 0 Å². The lowest BCUT2D eigenvalue weighted by molar-refractivity contribution is 0.0940. The molecule has 0 unspecified atom stereocenters. The van der Waals surface area contributed by atoms with Gasteiger partial charge in [-0.1, -0.05) is 21.9 Å². The van der Waals surface area contributed by atoms with E-state index in [2.05, 4.69) is 25.7 Å². The second kappa shape index (κ2) is 6.21. The molecule has 23 heavy (non-hydrogen) atoms. The van der Waals surface area contributed by atoms with Gasteiger partial charge in [-0.3, -0.25) is 9.48 Å². The van der Waals surface area contributed by atoms with Crippen molar-refractivity contribution in [3.8, 4) is 11.5 Å². The number of nitrogens with one attached hydrogen (secondary N) is 1. The Morgan fingerprint density at radius 2 is 2.22 bits per heavy atom. The molecule has 0 bridgehead atoms. The molecule has 1 N–H and O–H groups in total. The Morgan fingerprint density at radius 1 is 1.39 bits per heavy atom. The molecule has 3 rings (SSSR count). The fourth-order valence-corrected chi connectivity index (χ4v) is 2.09. The number of carbonyl (C=O) groups excluding carboxylic acids is 1. The molecule has 9 nitrogen and oxygen atoms in total. The fraction of sp³-hybridized carbons (Fsp3) is 0.308. The normalized spacial score (nSPS) is 10.9. The minimum atomic E-state index is -0.417. The molecule has 3 aromatic rings. The lowest BCUT2D eigenvalue weighted by atomic mass is 10.4. The first kappa shape index (κ1) is 15.2. The highest BCUT2D eigenvalue weighted by molar-refractivity contribution is 6.33. The van der Waals surface area contributed by atoms with Crippen LogP contribution in [0.5, 0.6) is 0 Å². The molecular formula is C13H13ClN6O3. The number of amides is 1. The van der Waals surface area contributed by atoms with Crippen LogP contribution in [0, 0.1) is 6.92 Å². The van der Waals surface area contributed by atoms with Crippen LogP contribution in [-0.4, -0.2) is 31.0 Å². The molecule has 0 spiro atoms. The lowest BCUT2D eigenvalue weighted by Gasteiger charge is -1.99.